The predicted octanol–water partition coefficient (Wildman–Crippen LogP) is 2.40. The summed E-state index contributed by atoms with van der Waals surface area (Å²) in [5, 5.41) is 11.5. The lowest BCUT2D eigenvalue weighted by atomic mass is 10.2. The highest BCUT2D eigenvalue weighted by atomic mass is 32.1. The van der Waals surface area contributed by atoms with Gasteiger partial charge in [-0.3, -0.25) is 9.59 Å². The molecule has 2 heterocycles. The number of benzene rings is 1. The normalized spacial score (nSPS) is 10.4. The molecule has 0 saturated carbocycles. The number of anilines is 1. The minimum absolute atomic E-state index is 0.125. The lowest BCUT2D eigenvalue weighted by molar-refractivity contribution is -0.123. The van der Waals surface area contributed by atoms with Gasteiger partial charge in [0.1, 0.15) is 10.8 Å². The predicted molar refractivity (Wildman–Crippen MR) is 94.1 cm³/mol. The van der Waals surface area contributed by atoms with Gasteiger partial charge in [-0.2, -0.15) is 0 Å². The maximum atomic E-state index is 12.0. The molecule has 3 rings (SSSR count). The number of amides is 2. The first-order valence-electron chi connectivity index (χ1n) is 7.60. The summed E-state index contributed by atoms with van der Waals surface area (Å²) in [6, 6.07) is 11.4. The molecule has 25 heavy (non-hydrogen) atoms. The van der Waals surface area contributed by atoms with Gasteiger partial charge in [-0.1, -0.05) is 35.5 Å². The second-order valence-corrected chi connectivity index (χ2v) is 6.19. The number of hydrogen-bond donors (Lipinski definition) is 2. The first-order valence-corrected chi connectivity index (χ1v) is 8.48. The van der Waals surface area contributed by atoms with Crippen molar-refractivity contribution in [3.05, 3.63) is 53.2 Å². The molecule has 0 aliphatic heterocycles. The summed E-state index contributed by atoms with van der Waals surface area (Å²) in [4.78, 5) is 28.2. The smallest absolute Gasteiger partial charge is 0.245 e. The Kier molecular flexibility index (Phi) is 5.20. The van der Waals surface area contributed by atoms with Gasteiger partial charge in [-0.05, 0) is 6.92 Å². The van der Waals surface area contributed by atoms with Crippen molar-refractivity contribution >= 4 is 29.0 Å². The molecule has 0 fully saturated rings. The summed E-state index contributed by atoms with van der Waals surface area (Å²) >= 11 is 1.48. The van der Waals surface area contributed by atoms with Crippen molar-refractivity contribution in [1.29, 1.82) is 0 Å². The van der Waals surface area contributed by atoms with Crippen LogP contribution in [0.2, 0.25) is 0 Å². The number of rotatable bonds is 6. The molecule has 0 aliphatic carbocycles. The number of carbonyl (C=O) groups is 2. The van der Waals surface area contributed by atoms with Crippen LogP contribution in [0.5, 0.6) is 0 Å². The van der Waals surface area contributed by atoms with Crippen LogP contribution in [0.1, 0.15) is 11.5 Å². The summed E-state index contributed by atoms with van der Waals surface area (Å²) in [6.45, 7) is 1.59. The Bertz CT molecular complexity index is 873. The molecule has 0 aliphatic rings. The lowest BCUT2D eigenvalue weighted by Crippen LogP contribution is -2.33. The highest BCUT2D eigenvalue weighted by molar-refractivity contribution is 7.13. The second-order valence-electron chi connectivity index (χ2n) is 5.33. The fourth-order valence-corrected chi connectivity index (χ4v) is 2.95. The van der Waals surface area contributed by atoms with E-state index in [0.717, 1.165) is 10.6 Å². The van der Waals surface area contributed by atoms with Crippen LogP contribution in [0.25, 0.3) is 10.6 Å². The van der Waals surface area contributed by atoms with Gasteiger partial charge in [0, 0.05) is 17.0 Å². The molecule has 3 aromatic rings. The summed E-state index contributed by atoms with van der Waals surface area (Å²) < 4.78 is 4.85. The van der Waals surface area contributed by atoms with E-state index in [-0.39, 0.29) is 24.8 Å². The quantitative estimate of drug-likeness (QED) is 0.707. The monoisotopic (exact) mass is 356 g/mol. The van der Waals surface area contributed by atoms with Crippen molar-refractivity contribution in [2.45, 2.75) is 13.3 Å². The molecule has 2 N–H and O–H groups in total. The maximum Gasteiger partial charge on any atom is 0.245 e. The Morgan fingerprint density at radius 3 is 2.72 bits per heavy atom. The molecule has 1 aromatic carbocycles. The number of nitrogens with one attached hydrogen (secondary N) is 2. The van der Waals surface area contributed by atoms with Crippen molar-refractivity contribution in [2.75, 3.05) is 11.9 Å². The molecule has 128 valence electrons. The van der Waals surface area contributed by atoms with Gasteiger partial charge in [0.15, 0.2) is 5.82 Å². The SMILES string of the molecule is Cc1cc(NC(=O)CNC(=O)Cc2csc(-c3ccccc3)n2)no1. The molecule has 7 nitrogen and oxygen atoms in total. The third-order valence-electron chi connectivity index (χ3n) is 3.26. The summed E-state index contributed by atoms with van der Waals surface area (Å²) in [6.07, 6.45) is 0.125. The summed E-state index contributed by atoms with van der Waals surface area (Å²) in [7, 11) is 0. The first kappa shape index (κ1) is 16.8. The minimum Gasteiger partial charge on any atom is -0.360 e. The standard InChI is InChI=1S/C17H16N4O3S/c1-11-7-14(21-24-11)20-16(23)9-18-15(22)8-13-10-25-17(19-13)12-5-3-2-4-6-12/h2-7,10H,8-9H2,1H3,(H,18,22)(H,20,21,23). The van der Waals surface area contributed by atoms with E-state index in [4.69, 9.17) is 4.52 Å². The first-order chi connectivity index (χ1) is 12.1. The van der Waals surface area contributed by atoms with Crippen LogP contribution in [0.15, 0.2) is 46.3 Å². The van der Waals surface area contributed by atoms with Crippen molar-refractivity contribution < 1.29 is 14.1 Å². The van der Waals surface area contributed by atoms with Crippen LogP contribution in [-0.4, -0.2) is 28.5 Å². The molecule has 0 atom stereocenters. The topological polar surface area (TPSA) is 97.1 Å². The van der Waals surface area contributed by atoms with Crippen LogP contribution in [-0.2, 0) is 16.0 Å². The van der Waals surface area contributed by atoms with Gasteiger partial charge >= 0.3 is 0 Å². The molecule has 0 bridgehead atoms. The van der Waals surface area contributed by atoms with Crippen molar-refractivity contribution in [2.24, 2.45) is 0 Å². The van der Waals surface area contributed by atoms with Gasteiger partial charge < -0.3 is 15.2 Å². The molecule has 0 radical (unpaired) electrons. The number of hydrogen-bond acceptors (Lipinski definition) is 6. The Labute approximate surface area is 148 Å². The van der Waals surface area contributed by atoms with Crippen LogP contribution < -0.4 is 10.6 Å². The van der Waals surface area contributed by atoms with Crippen LogP contribution >= 0.6 is 11.3 Å². The van der Waals surface area contributed by atoms with E-state index in [2.05, 4.69) is 20.8 Å². The van der Waals surface area contributed by atoms with E-state index in [1.165, 1.54) is 11.3 Å². The zero-order chi connectivity index (χ0) is 17.6. The van der Waals surface area contributed by atoms with E-state index in [1.807, 2.05) is 35.7 Å². The van der Waals surface area contributed by atoms with E-state index in [1.54, 1.807) is 13.0 Å². The second kappa shape index (κ2) is 7.71. The Morgan fingerprint density at radius 1 is 1.20 bits per heavy atom. The minimum atomic E-state index is -0.370. The van der Waals surface area contributed by atoms with Gasteiger partial charge in [-0.15, -0.1) is 11.3 Å². The Balaban J connectivity index is 1.48. The molecule has 2 amide bonds. The molecular formula is C17H16N4O3S. The molecular weight excluding hydrogens is 340 g/mol. The zero-order valence-electron chi connectivity index (χ0n) is 13.5. The van der Waals surface area contributed by atoms with E-state index in [9.17, 15) is 9.59 Å². The number of carbonyl (C=O) groups excluding carboxylic acids is 2. The molecule has 0 spiro atoms. The average molecular weight is 356 g/mol. The van der Waals surface area contributed by atoms with Gasteiger partial charge in [0.25, 0.3) is 0 Å². The fourth-order valence-electron chi connectivity index (χ4n) is 2.12. The summed E-state index contributed by atoms with van der Waals surface area (Å²) in [5.74, 6) is 0.280. The number of nitrogens with zero attached hydrogens (tertiary/aromatic N) is 2. The van der Waals surface area contributed by atoms with Crippen LogP contribution in [0.4, 0.5) is 5.82 Å². The van der Waals surface area contributed by atoms with Crippen molar-refractivity contribution in [1.82, 2.24) is 15.5 Å². The Morgan fingerprint density at radius 2 is 2.00 bits per heavy atom. The van der Waals surface area contributed by atoms with Crippen molar-refractivity contribution in [3.8, 4) is 10.6 Å². The van der Waals surface area contributed by atoms with Crippen LogP contribution in [0.3, 0.4) is 0 Å². The number of aryl methyl sites for hydroxylation is 1. The zero-order valence-corrected chi connectivity index (χ0v) is 14.3. The highest BCUT2D eigenvalue weighted by Crippen LogP contribution is 2.23. The average Bonchev–Trinajstić information content (AvgIpc) is 3.23. The fraction of sp³-hybridized carbons (Fsp3) is 0.176. The van der Waals surface area contributed by atoms with Gasteiger partial charge in [0.2, 0.25) is 11.8 Å². The third-order valence-corrected chi connectivity index (χ3v) is 4.20. The number of thiazole rings is 1. The highest BCUT2D eigenvalue weighted by Gasteiger charge is 2.11. The largest absolute Gasteiger partial charge is 0.360 e. The van der Waals surface area contributed by atoms with E-state index < -0.39 is 0 Å². The van der Waals surface area contributed by atoms with Gasteiger partial charge in [0.05, 0.1) is 18.7 Å². The third kappa shape index (κ3) is 4.74. The molecule has 8 heteroatoms. The lowest BCUT2D eigenvalue weighted by Gasteiger charge is -2.03. The molecule has 0 saturated heterocycles. The Hall–Kier alpha value is -3.00. The van der Waals surface area contributed by atoms with Crippen molar-refractivity contribution in [3.63, 3.8) is 0 Å². The van der Waals surface area contributed by atoms with Gasteiger partial charge in [-0.25, -0.2) is 4.98 Å². The molecule has 2 aromatic heterocycles. The molecule has 0 unspecified atom stereocenters. The van der Waals surface area contributed by atoms with Crippen LogP contribution in [0, 0.1) is 6.92 Å². The van der Waals surface area contributed by atoms with E-state index >= 15 is 0 Å². The number of aromatic nitrogens is 2. The van der Waals surface area contributed by atoms with E-state index in [0.29, 0.717) is 17.3 Å². The summed E-state index contributed by atoms with van der Waals surface area (Å²) in [5.41, 5.74) is 1.69. The maximum absolute atomic E-state index is 12.0.